The van der Waals surface area contributed by atoms with Gasteiger partial charge in [-0.25, -0.2) is 22.5 Å². The first-order valence-corrected chi connectivity index (χ1v) is 9.93. The Morgan fingerprint density at radius 1 is 1.20 bits per heavy atom. The van der Waals surface area contributed by atoms with Crippen molar-refractivity contribution in [1.82, 2.24) is 15.4 Å². The second-order valence-corrected chi connectivity index (χ2v) is 7.42. The molecule has 1 aromatic rings. The van der Waals surface area contributed by atoms with Crippen molar-refractivity contribution >= 4 is 16.0 Å². The summed E-state index contributed by atoms with van der Waals surface area (Å²) in [4.78, 5) is 4.40. The molecule has 25 heavy (non-hydrogen) atoms. The van der Waals surface area contributed by atoms with E-state index < -0.39 is 10.0 Å². The molecule has 0 aromatic heterocycles. The first-order valence-electron chi connectivity index (χ1n) is 8.28. The van der Waals surface area contributed by atoms with Crippen LogP contribution in [0.5, 0.6) is 5.75 Å². The highest BCUT2D eigenvalue weighted by molar-refractivity contribution is 7.89. The highest BCUT2D eigenvalue weighted by Crippen LogP contribution is 2.12. The number of guanidine groups is 1. The van der Waals surface area contributed by atoms with E-state index in [2.05, 4.69) is 20.3 Å². The number of ether oxygens (including phenoxy) is 1. The molecule has 0 aliphatic carbocycles. The van der Waals surface area contributed by atoms with Crippen molar-refractivity contribution in [3.8, 4) is 5.75 Å². The van der Waals surface area contributed by atoms with Gasteiger partial charge in [-0.05, 0) is 45.0 Å². The van der Waals surface area contributed by atoms with Crippen LogP contribution in [0, 0.1) is 5.82 Å². The summed E-state index contributed by atoms with van der Waals surface area (Å²) in [6.45, 7) is 7.17. The largest absolute Gasteiger partial charge is 0.489 e. The van der Waals surface area contributed by atoms with Crippen LogP contribution in [0.2, 0.25) is 0 Å². The molecule has 0 aliphatic heterocycles. The van der Waals surface area contributed by atoms with Crippen LogP contribution in [0.25, 0.3) is 0 Å². The maximum absolute atomic E-state index is 12.9. The van der Waals surface area contributed by atoms with Gasteiger partial charge in [-0.15, -0.1) is 0 Å². The molecule has 142 valence electrons. The highest BCUT2D eigenvalue weighted by atomic mass is 32.2. The second kappa shape index (κ2) is 10.9. The molecular weight excluding hydrogens is 347 g/mol. The summed E-state index contributed by atoms with van der Waals surface area (Å²) >= 11 is 0. The summed E-state index contributed by atoms with van der Waals surface area (Å²) in [5.41, 5.74) is 0. The van der Waals surface area contributed by atoms with Crippen LogP contribution in [0.1, 0.15) is 20.8 Å². The number of rotatable bonds is 10. The van der Waals surface area contributed by atoms with Gasteiger partial charge >= 0.3 is 0 Å². The van der Waals surface area contributed by atoms with E-state index in [-0.39, 0.29) is 24.2 Å². The van der Waals surface area contributed by atoms with Gasteiger partial charge in [-0.2, -0.15) is 0 Å². The maximum atomic E-state index is 12.9. The molecule has 0 amide bonds. The Kier molecular flexibility index (Phi) is 9.22. The molecule has 9 heteroatoms. The summed E-state index contributed by atoms with van der Waals surface area (Å²) in [7, 11) is -3.19. The Labute approximate surface area is 149 Å². The lowest BCUT2D eigenvalue weighted by molar-refractivity contribution is 0.230. The van der Waals surface area contributed by atoms with E-state index >= 15 is 0 Å². The summed E-state index contributed by atoms with van der Waals surface area (Å²) in [5.74, 6) is 0.901. The number of halogens is 1. The second-order valence-electron chi connectivity index (χ2n) is 5.33. The third kappa shape index (κ3) is 9.25. The van der Waals surface area contributed by atoms with E-state index in [1.165, 1.54) is 12.1 Å². The van der Waals surface area contributed by atoms with E-state index in [1.54, 1.807) is 19.1 Å². The van der Waals surface area contributed by atoms with Crippen molar-refractivity contribution in [2.45, 2.75) is 26.9 Å². The molecule has 0 bridgehead atoms. The fraction of sp³-hybridized carbons (Fsp3) is 0.562. The summed E-state index contributed by atoms with van der Waals surface area (Å²) in [6.07, 6.45) is -0.195. The van der Waals surface area contributed by atoms with Gasteiger partial charge in [-0.1, -0.05) is 0 Å². The molecule has 1 rings (SSSR count). The van der Waals surface area contributed by atoms with Crippen molar-refractivity contribution in [2.75, 3.05) is 31.9 Å². The molecule has 0 aliphatic rings. The predicted octanol–water partition coefficient (Wildman–Crippen LogP) is 1.09. The smallest absolute Gasteiger partial charge is 0.211 e. The van der Waals surface area contributed by atoms with Gasteiger partial charge in [0.25, 0.3) is 0 Å². The monoisotopic (exact) mass is 374 g/mol. The van der Waals surface area contributed by atoms with Crippen LogP contribution in [-0.4, -0.2) is 52.4 Å². The lowest BCUT2D eigenvalue weighted by Gasteiger charge is -2.15. The molecule has 0 spiro atoms. The lowest BCUT2D eigenvalue weighted by atomic mass is 10.3. The number of aliphatic imine (C=N–C) groups is 1. The van der Waals surface area contributed by atoms with Gasteiger partial charge in [0.15, 0.2) is 5.96 Å². The highest BCUT2D eigenvalue weighted by Gasteiger charge is 2.07. The standard InChI is InChI=1S/C16H27FN4O3S/c1-4-18-16(19-10-11-21-25(22,23)5-2)20-12-13(3)24-15-8-6-14(17)7-9-15/h6-9,13,21H,4-5,10-12H2,1-3H3,(H2,18,19,20). The fourth-order valence-corrected chi connectivity index (χ4v) is 2.45. The third-order valence-electron chi connectivity index (χ3n) is 3.12. The molecule has 1 aromatic carbocycles. The van der Waals surface area contributed by atoms with Crippen molar-refractivity contribution in [1.29, 1.82) is 0 Å². The molecule has 0 radical (unpaired) electrons. The number of benzene rings is 1. The van der Waals surface area contributed by atoms with Gasteiger partial charge < -0.3 is 15.4 Å². The zero-order valence-electron chi connectivity index (χ0n) is 14.9. The van der Waals surface area contributed by atoms with Crippen LogP contribution in [0.15, 0.2) is 29.3 Å². The SMILES string of the molecule is CCNC(=NCC(C)Oc1ccc(F)cc1)NCCNS(=O)(=O)CC. The predicted molar refractivity (Wildman–Crippen MR) is 97.9 cm³/mol. The van der Waals surface area contributed by atoms with Crippen molar-refractivity contribution in [2.24, 2.45) is 4.99 Å². The van der Waals surface area contributed by atoms with Crippen molar-refractivity contribution < 1.29 is 17.5 Å². The zero-order chi connectivity index (χ0) is 18.7. The van der Waals surface area contributed by atoms with Gasteiger partial charge in [0.05, 0.1) is 12.3 Å². The molecule has 1 unspecified atom stereocenters. The van der Waals surface area contributed by atoms with Gasteiger partial charge in [0.2, 0.25) is 10.0 Å². The van der Waals surface area contributed by atoms with Crippen LogP contribution in [0.4, 0.5) is 4.39 Å². The Morgan fingerprint density at radius 2 is 1.88 bits per heavy atom. The number of sulfonamides is 1. The Balaban J connectivity index is 2.44. The van der Waals surface area contributed by atoms with Crippen LogP contribution < -0.4 is 20.1 Å². The number of nitrogens with one attached hydrogen (secondary N) is 3. The van der Waals surface area contributed by atoms with Crippen LogP contribution >= 0.6 is 0 Å². The molecule has 1 atom stereocenters. The first-order chi connectivity index (χ1) is 11.9. The first kappa shape index (κ1) is 21.2. The minimum Gasteiger partial charge on any atom is -0.489 e. The van der Waals surface area contributed by atoms with Crippen LogP contribution in [0.3, 0.4) is 0 Å². The van der Waals surface area contributed by atoms with Gasteiger partial charge in [-0.3, -0.25) is 0 Å². The third-order valence-corrected chi connectivity index (χ3v) is 4.53. The molecule has 0 fully saturated rings. The Hall–Kier alpha value is -1.87. The summed E-state index contributed by atoms with van der Waals surface area (Å²) < 4.78 is 43.7. The maximum Gasteiger partial charge on any atom is 0.211 e. The van der Waals surface area contributed by atoms with Gasteiger partial charge in [0, 0.05) is 19.6 Å². The zero-order valence-corrected chi connectivity index (χ0v) is 15.7. The molecule has 3 N–H and O–H groups in total. The average molecular weight is 374 g/mol. The normalized spacial score (nSPS) is 13.4. The minimum atomic E-state index is -3.19. The van der Waals surface area contributed by atoms with E-state index in [4.69, 9.17) is 4.74 Å². The molecule has 0 saturated heterocycles. The van der Waals surface area contributed by atoms with E-state index in [0.29, 0.717) is 31.3 Å². The topological polar surface area (TPSA) is 91.8 Å². The lowest BCUT2D eigenvalue weighted by Crippen LogP contribution is -2.42. The fourth-order valence-electron chi connectivity index (χ4n) is 1.83. The van der Waals surface area contributed by atoms with Crippen LogP contribution in [-0.2, 0) is 10.0 Å². The van der Waals surface area contributed by atoms with Crippen molar-refractivity contribution in [3.63, 3.8) is 0 Å². The van der Waals surface area contributed by atoms with Crippen molar-refractivity contribution in [3.05, 3.63) is 30.1 Å². The summed E-state index contributed by atoms with van der Waals surface area (Å²) in [6, 6.07) is 5.82. The quantitative estimate of drug-likeness (QED) is 0.324. The molecule has 0 saturated carbocycles. The van der Waals surface area contributed by atoms with E-state index in [9.17, 15) is 12.8 Å². The summed E-state index contributed by atoms with van der Waals surface area (Å²) in [5, 5.41) is 6.13. The number of hydrogen-bond acceptors (Lipinski definition) is 4. The molecular formula is C16H27FN4O3S. The van der Waals surface area contributed by atoms with E-state index in [1.807, 2.05) is 13.8 Å². The minimum absolute atomic E-state index is 0.0550. The molecule has 0 heterocycles. The Bertz CT molecular complexity index is 635. The molecule has 7 nitrogen and oxygen atoms in total. The average Bonchev–Trinajstić information content (AvgIpc) is 2.58. The number of hydrogen-bond donors (Lipinski definition) is 3. The van der Waals surface area contributed by atoms with E-state index in [0.717, 1.165) is 0 Å². The van der Waals surface area contributed by atoms with Gasteiger partial charge in [0.1, 0.15) is 17.7 Å². The number of nitrogens with zero attached hydrogens (tertiary/aromatic N) is 1. The Morgan fingerprint density at radius 3 is 2.48 bits per heavy atom.